The Hall–Kier alpha value is -1.22. The van der Waals surface area contributed by atoms with Crippen molar-refractivity contribution in [2.24, 2.45) is 4.99 Å². The first-order chi connectivity index (χ1) is 6.63. The van der Waals surface area contributed by atoms with E-state index in [1.54, 1.807) is 24.1 Å². The van der Waals surface area contributed by atoms with Crippen molar-refractivity contribution in [2.45, 2.75) is 0 Å². The molecule has 76 valence electrons. The Labute approximate surface area is 89.0 Å². The van der Waals surface area contributed by atoms with Crippen LogP contribution in [0.5, 0.6) is 0 Å². The van der Waals surface area contributed by atoms with Crippen molar-refractivity contribution in [3.05, 3.63) is 29.3 Å². The van der Waals surface area contributed by atoms with Crippen molar-refractivity contribution >= 4 is 23.3 Å². The Kier molecular flexibility index (Phi) is 3.77. The van der Waals surface area contributed by atoms with Crippen LogP contribution in [0.25, 0.3) is 0 Å². The van der Waals surface area contributed by atoms with E-state index in [4.69, 9.17) is 16.3 Å². The fraction of sp³-hybridized carbons (Fsp3) is 0.300. The first-order valence-corrected chi connectivity index (χ1v) is 4.57. The van der Waals surface area contributed by atoms with Crippen LogP contribution in [0.15, 0.2) is 29.3 Å². The van der Waals surface area contributed by atoms with Gasteiger partial charge in [-0.15, -0.1) is 0 Å². The van der Waals surface area contributed by atoms with Crippen molar-refractivity contribution < 1.29 is 4.74 Å². The fourth-order valence-electron chi connectivity index (χ4n) is 0.954. The molecule has 0 saturated carbocycles. The van der Waals surface area contributed by atoms with E-state index in [1.165, 1.54) is 0 Å². The molecule has 0 bridgehead atoms. The van der Waals surface area contributed by atoms with Crippen LogP contribution in [0.1, 0.15) is 0 Å². The summed E-state index contributed by atoms with van der Waals surface area (Å²) in [5, 5.41) is 0.702. The number of hydrogen-bond acceptors (Lipinski definition) is 2. The van der Waals surface area contributed by atoms with Gasteiger partial charge in [0.1, 0.15) is 0 Å². The average molecular weight is 213 g/mol. The smallest absolute Gasteiger partial charge is 0.291 e. The average Bonchev–Trinajstić information content (AvgIpc) is 2.16. The molecule has 0 spiro atoms. The van der Waals surface area contributed by atoms with Crippen LogP contribution >= 0.6 is 11.6 Å². The maximum Gasteiger partial charge on any atom is 0.291 e. The third-order valence-corrected chi connectivity index (χ3v) is 1.87. The van der Waals surface area contributed by atoms with Gasteiger partial charge >= 0.3 is 0 Å². The molecule has 0 fully saturated rings. The number of hydrogen-bond donors (Lipinski definition) is 0. The molecule has 0 aliphatic carbocycles. The molecular weight excluding hydrogens is 200 g/mol. The molecule has 0 aliphatic heterocycles. The fourth-order valence-corrected chi connectivity index (χ4v) is 1.08. The summed E-state index contributed by atoms with van der Waals surface area (Å²) in [6.45, 7) is 0. The number of halogens is 1. The van der Waals surface area contributed by atoms with E-state index < -0.39 is 0 Å². The number of rotatable bonds is 1. The monoisotopic (exact) mass is 212 g/mol. The maximum absolute atomic E-state index is 5.75. The number of nitrogens with zero attached hydrogens (tertiary/aromatic N) is 2. The second-order valence-electron chi connectivity index (χ2n) is 2.97. The van der Waals surface area contributed by atoms with E-state index in [0.717, 1.165) is 5.69 Å². The largest absolute Gasteiger partial charge is 0.468 e. The molecular formula is C10H13ClN2O. The van der Waals surface area contributed by atoms with Gasteiger partial charge in [0.2, 0.25) is 0 Å². The normalized spacial score (nSPS) is 11.3. The zero-order chi connectivity index (χ0) is 10.6. The van der Waals surface area contributed by atoms with E-state index in [1.807, 2.05) is 26.2 Å². The predicted octanol–water partition coefficient (Wildman–Crippen LogP) is 2.54. The van der Waals surface area contributed by atoms with Gasteiger partial charge in [-0.2, -0.15) is 4.99 Å². The summed E-state index contributed by atoms with van der Waals surface area (Å²) in [6.07, 6.45) is 0. The molecule has 1 rings (SSSR count). The molecule has 0 unspecified atom stereocenters. The molecule has 0 saturated heterocycles. The van der Waals surface area contributed by atoms with E-state index >= 15 is 0 Å². The van der Waals surface area contributed by atoms with Crippen molar-refractivity contribution in [1.82, 2.24) is 4.90 Å². The van der Waals surface area contributed by atoms with Crippen LogP contribution in [-0.2, 0) is 4.74 Å². The number of methoxy groups -OCH3 is 1. The lowest BCUT2D eigenvalue weighted by atomic mass is 10.3. The molecule has 0 heterocycles. The summed E-state index contributed by atoms with van der Waals surface area (Å²) < 4.78 is 5.09. The van der Waals surface area contributed by atoms with Gasteiger partial charge in [-0.25, -0.2) is 0 Å². The third kappa shape index (κ3) is 2.92. The topological polar surface area (TPSA) is 24.8 Å². The second-order valence-corrected chi connectivity index (χ2v) is 3.41. The number of benzene rings is 1. The Morgan fingerprint density at radius 3 is 2.29 bits per heavy atom. The first kappa shape index (κ1) is 10.9. The highest BCUT2D eigenvalue weighted by molar-refractivity contribution is 6.30. The van der Waals surface area contributed by atoms with Gasteiger partial charge in [0, 0.05) is 19.1 Å². The molecule has 14 heavy (non-hydrogen) atoms. The zero-order valence-corrected chi connectivity index (χ0v) is 9.25. The summed E-state index contributed by atoms with van der Waals surface area (Å²) >= 11 is 5.75. The predicted molar refractivity (Wildman–Crippen MR) is 59.2 cm³/mol. The maximum atomic E-state index is 5.75. The van der Waals surface area contributed by atoms with Crippen molar-refractivity contribution in [3.63, 3.8) is 0 Å². The van der Waals surface area contributed by atoms with E-state index in [9.17, 15) is 0 Å². The zero-order valence-electron chi connectivity index (χ0n) is 8.49. The number of ether oxygens (including phenoxy) is 1. The lowest BCUT2D eigenvalue weighted by Crippen LogP contribution is -2.23. The minimum atomic E-state index is 0.562. The van der Waals surface area contributed by atoms with E-state index in [-0.39, 0.29) is 0 Å². The summed E-state index contributed by atoms with van der Waals surface area (Å²) in [5.41, 5.74) is 0.819. The minimum absolute atomic E-state index is 0.562. The summed E-state index contributed by atoms with van der Waals surface area (Å²) in [6, 6.07) is 7.83. The van der Waals surface area contributed by atoms with E-state index in [2.05, 4.69) is 4.99 Å². The van der Waals surface area contributed by atoms with Gasteiger partial charge in [0.05, 0.1) is 12.8 Å². The molecule has 1 aromatic carbocycles. The lowest BCUT2D eigenvalue weighted by Gasteiger charge is -2.13. The third-order valence-electron chi connectivity index (χ3n) is 1.62. The highest BCUT2D eigenvalue weighted by Gasteiger charge is 2.00. The first-order valence-electron chi connectivity index (χ1n) is 4.19. The van der Waals surface area contributed by atoms with Gasteiger partial charge in [-0.3, -0.25) is 0 Å². The Balaban J connectivity index is 2.89. The molecule has 4 heteroatoms. The van der Waals surface area contributed by atoms with Crippen molar-refractivity contribution in [1.29, 1.82) is 0 Å². The van der Waals surface area contributed by atoms with Crippen LogP contribution in [0.2, 0.25) is 5.02 Å². The second kappa shape index (κ2) is 4.86. The Morgan fingerprint density at radius 1 is 1.29 bits per heavy atom. The van der Waals surface area contributed by atoms with Gasteiger partial charge in [-0.1, -0.05) is 11.6 Å². The molecule has 0 N–H and O–H groups in total. The Bertz CT molecular complexity index is 319. The Morgan fingerprint density at radius 2 is 1.86 bits per heavy atom. The molecule has 0 atom stereocenters. The summed E-state index contributed by atoms with van der Waals surface area (Å²) in [7, 11) is 5.34. The summed E-state index contributed by atoms with van der Waals surface area (Å²) in [4.78, 5) is 6.08. The number of amidine groups is 1. The van der Waals surface area contributed by atoms with Crippen LogP contribution in [0.3, 0.4) is 0 Å². The van der Waals surface area contributed by atoms with Crippen LogP contribution in [0, 0.1) is 0 Å². The molecule has 0 aliphatic rings. The van der Waals surface area contributed by atoms with Crippen LogP contribution in [0.4, 0.5) is 5.69 Å². The number of aliphatic imine (C=N–C) groups is 1. The molecule has 3 nitrogen and oxygen atoms in total. The van der Waals surface area contributed by atoms with Crippen LogP contribution in [-0.4, -0.2) is 32.1 Å². The minimum Gasteiger partial charge on any atom is -0.468 e. The molecule has 1 aromatic rings. The molecule has 0 amide bonds. The quantitative estimate of drug-likeness (QED) is 0.528. The van der Waals surface area contributed by atoms with Crippen molar-refractivity contribution in [2.75, 3.05) is 21.2 Å². The van der Waals surface area contributed by atoms with Crippen LogP contribution < -0.4 is 0 Å². The molecule has 0 radical (unpaired) electrons. The lowest BCUT2D eigenvalue weighted by molar-refractivity contribution is 0.332. The van der Waals surface area contributed by atoms with Gasteiger partial charge < -0.3 is 9.64 Å². The molecule has 0 aromatic heterocycles. The standard InChI is InChI=1S/C10H13ClN2O/c1-13(2)10(14-3)12-9-6-4-8(11)5-7-9/h4-7H,1-3H3/b12-10+. The van der Waals surface area contributed by atoms with Gasteiger partial charge in [0.25, 0.3) is 6.02 Å². The summed E-state index contributed by atoms with van der Waals surface area (Å²) in [5.74, 6) is 0. The van der Waals surface area contributed by atoms with Crippen molar-refractivity contribution in [3.8, 4) is 0 Å². The highest BCUT2D eigenvalue weighted by atomic mass is 35.5. The SMILES string of the molecule is CO/C(=N/c1ccc(Cl)cc1)N(C)C. The van der Waals surface area contributed by atoms with E-state index in [0.29, 0.717) is 11.0 Å². The van der Waals surface area contributed by atoms with Gasteiger partial charge in [-0.05, 0) is 24.3 Å². The highest BCUT2D eigenvalue weighted by Crippen LogP contribution is 2.16. The van der Waals surface area contributed by atoms with Gasteiger partial charge in [0.15, 0.2) is 0 Å².